The molecule has 156 valence electrons. The molecule has 0 unspecified atom stereocenters. The maximum absolute atomic E-state index is 13.3. The number of carbonyl (C=O) groups is 3. The molecule has 0 aliphatic carbocycles. The molecule has 0 aromatic heterocycles. The molecule has 30 heavy (non-hydrogen) atoms. The molecular formula is C22H22N2O6. The number of ether oxygens (including phenoxy) is 2. The summed E-state index contributed by atoms with van der Waals surface area (Å²) in [5.41, 5.74) is 1.20. The highest BCUT2D eigenvalue weighted by atomic mass is 16.7. The highest BCUT2D eigenvalue weighted by Gasteiger charge is 2.37. The van der Waals surface area contributed by atoms with Gasteiger partial charge in [-0.2, -0.15) is 0 Å². The second kappa shape index (κ2) is 8.44. The van der Waals surface area contributed by atoms with E-state index in [0.717, 1.165) is 5.56 Å². The third-order valence-electron chi connectivity index (χ3n) is 5.34. The number of hydrogen-bond donors (Lipinski definition) is 2. The van der Waals surface area contributed by atoms with E-state index in [2.05, 4.69) is 5.32 Å². The SMILES string of the molecule is O=C(N[C@H](Cc1ccc2c(c1)OCO2)C(=O)N1CCC[C@H]1C(=O)O)c1ccccc1. The Balaban J connectivity index is 1.58. The molecule has 0 spiro atoms. The van der Waals surface area contributed by atoms with E-state index in [1.54, 1.807) is 48.5 Å². The first kappa shape index (κ1) is 19.8. The number of carboxylic acids is 1. The van der Waals surface area contributed by atoms with Gasteiger partial charge in [-0.05, 0) is 42.7 Å². The third kappa shape index (κ3) is 4.07. The van der Waals surface area contributed by atoms with Gasteiger partial charge in [0.25, 0.3) is 5.91 Å². The van der Waals surface area contributed by atoms with Crippen LogP contribution in [0.5, 0.6) is 11.5 Å². The van der Waals surface area contributed by atoms with Gasteiger partial charge >= 0.3 is 5.97 Å². The first-order chi connectivity index (χ1) is 14.5. The number of benzene rings is 2. The van der Waals surface area contributed by atoms with Crippen LogP contribution in [0.15, 0.2) is 48.5 Å². The number of carbonyl (C=O) groups excluding carboxylic acids is 2. The van der Waals surface area contributed by atoms with Crippen molar-refractivity contribution in [1.82, 2.24) is 10.2 Å². The third-order valence-corrected chi connectivity index (χ3v) is 5.34. The summed E-state index contributed by atoms with van der Waals surface area (Å²) >= 11 is 0. The zero-order chi connectivity index (χ0) is 21.1. The Morgan fingerprint density at radius 2 is 1.87 bits per heavy atom. The zero-order valence-electron chi connectivity index (χ0n) is 16.2. The molecule has 8 nitrogen and oxygen atoms in total. The maximum Gasteiger partial charge on any atom is 0.326 e. The van der Waals surface area contributed by atoms with E-state index in [4.69, 9.17) is 9.47 Å². The van der Waals surface area contributed by atoms with Crippen LogP contribution in [0, 0.1) is 0 Å². The lowest BCUT2D eigenvalue weighted by Gasteiger charge is -2.27. The van der Waals surface area contributed by atoms with Crippen molar-refractivity contribution in [2.24, 2.45) is 0 Å². The second-order valence-corrected chi connectivity index (χ2v) is 7.31. The van der Waals surface area contributed by atoms with Crippen molar-refractivity contribution in [2.75, 3.05) is 13.3 Å². The standard InChI is InChI=1S/C22H22N2O6/c25-20(15-5-2-1-3-6-15)23-16(21(26)24-10-4-7-17(24)22(27)28)11-14-8-9-18-19(12-14)30-13-29-18/h1-3,5-6,8-9,12,16-17H,4,7,10-11,13H2,(H,23,25)(H,27,28)/t16-,17+/m1/s1. The van der Waals surface area contributed by atoms with Gasteiger partial charge in [-0.15, -0.1) is 0 Å². The lowest BCUT2D eigenvalue weighted by Crippen LogP contribution is -2.52. The van der Waals surface area contributed by atoms with Crippen molar-refractivity contribution in [1.29, 1.82) is 0 Å². The minimum Gasteiger partial charge on any atom is -0.480 e. The van der Waals surface area contributed by atoms with Gasteiger partial charge in [-0.25, -0.2) is 4.79 Å². The number of hydrogen-bond acceptors (Lipinski definition) is 5. The number of nitrogens with one attached hydrogen (secondary N) is 1. The van der Waals surface area contributed by atoms with E-state index in [0.29, 0.717) is 36.4 Å². The summed E-state index contributed by atoms with van der Waals surface area (Å²) in [5.74, 6) is -0.613. The van der Waals surface area contributed by atoms with E-state index < -0.39 is 24.0 Å². The Hall–Kier alpha value is -3.55. The summed E-state index contributed by atoms with van der Waals surface area (Å²) < 4.78 is 10.7. The number of amides is 2. The van der Waals surface area contributed by atoms with Crippen LogP contribution in [0.3, 0.4) is 0 Å². The maximum atomic E-state index is 13.3. The molecule has 8 heteroatoms. The summed E-state index contributed by atoms with van der Waals surface area (Å²) in [5, 5.41) is 12.2. The summed E-state index contributed by atoms with van der Waals surface area (Å²) in [6.07, 6.45) is 1.23. The predicted octanol–water partition coefficient (Wildman–Crippen LogP) is 1.83. The van der Waals surface area contributed by atoms with Crippen molar-refractivity contribution in [2.45, 2.75) is 31.3 Å². The minimum absolute atomic E-state index is 0.139. The first-order valence-corrected chi connectivity index (χ1v) is 9.80. The highest BCUT2D eigenvalue weighted by molar-refractivity contribution is 5.98. The number of carboxylic acid groups (broad SMARTS) is 1. The minimum atomic E-state index is -1.03. The molecule has 1 fully saturated rings. The molecular weight excluding hydrogens is 388 g/mol. The van der Waals surface area contributed by atoms with Crippen LogP contribution >= 0.6 is 0 Å². The van der Waals surface area contributed by atoms with E-state index in [1.807, 2.05) is 0 Å². The molecule has 0 bridgehead atoms. The van der Waals surface area contributed by atoms with Crippen molar-refractivity contribution < 1.29 is 29.0 Å². The fraction of sp³-hybridized carbons (Fsp3) is 0.318. The molecule has 2 amide bonds. The van der Waals surface area contributed by atoms with E-state index in [9.17, 15) is 19.5 Å². The molecule has 2 aliphatic rings. The Bertz CT molecular complexity index is 961. The highest BCUT2D eigenvalue weighted by Crippen LogP contribution is 2.33. The quantitative estimate of drug-likeness (QED) is 0.753. The Morgan fingerprint density at radius 1 is 1.10 bits per heavy atom. The van der Waals surface area contributed by atoms with Gasteiger partial charge in [-0.3, -0.25) is 9.59 Å². The molecule has 2 atom stereocenters. The normalized spacial score (nSPS) is 18.1. The van der Waals surface area contributed by atoms with Gasteiger partial charge in [0.2, 0.25) is 12.7 Å². The fourth-order valence-electron chi connectivity index (χ4n) is 3.82. The van der Waals surface area contributed by atoms with Crippen LogP contribution in [0.1, 0.15) is 28.8 Å². The average Bonchev–Trinajstić information content (AvgIpc) is 3.42. The van der Waals surface area contributed by atoms with Gasteiger partial charge in [0.1, 0.15) is 12.1 Å². The first-order valence-electron chi connectivity index (χ1n) is 9.80. The van der Waals surface area contributed by atoms with Crippen LogP contribution in [0.2, 0.25) is 0 Å². The molecule has 0 radical (unpaired) electrons. The van der Waals surface area contributed by atoms with Gasteiger partial charge < -0.3 is 24.8 Å². The monoisotopic (exact) mass is 410 g/mol. The Morgan fingerprint density at radius 3 is 2.63 bits per heavy atom. The lowest BCUT2D eigenvalue weighted by molar-refractivity contribution is -0.148. The topological polar surface area (TPSA) is 105 Å². The molecule has 2 heterocycles. The molecule has 0 saturated carbocycles. The van der Waals surface area contributed by atoms with Gasteiger partial charge in [-0.1, -0.05) is 24.3 Å². The van der Waals surface area contributed by atoms with Crippen LogP contribution < -0.4 is 14.8 Å². The van der Waals surface area contributed by atoms with Gasteiger partial charge in [0.05, 0.1) is 0 Å². The molecule has 2 aromatic rings. The second-order valence-electron chi connectivity index (χ2n) is 7.31. The van der Waals surface area contributed by atoms with Crippen molar-refractivity contribution in [3.05, 3.63) is 59.7 Å². The van der Waals surface area contributed by atoms with Crippen LogP contribution in [0.4, 0.5) is 0 Å². The Labute approximate surface area is 173 Å². The number of likely N-dealkylation sites (tertiary alicyclic amines) is 1. The van der Waals surface area contributed by atoms with Gasteiger partial charge in [0.15, 0.2) is 11.5 Å². The largest absolute Gasteiger partial charge is 0.480 e. The Kier molecular flexibility index (Phi) is 5.56. The molecule has 2 aromatic carbocycles. The van der Waals surface area contributed by atoms with E-state index >= 15 is 0 Å². The number of fused-ring (bicyclic) bond motifs is 1. The molecule has 1 saturated heterocycles. The van der Waals surface area contributed by atoms with Crippen LogP contribution in [-0.2, 0) is 16.0 Å². The van der Waals surface area contributed by atoms with Crippen molar-refractivity contribution in [3.63, 3.8) is 0 Å². The number of rotatable bonds is 6. The van der Waals surface area contributed by atoms with Crippen LogP contribution in [0.25, 0.3) is 0 Å². The van der Waals surface area contributed by atoms with Gasteiger partial charge in [0, 0.05) is 18.5 Å². The number of nitrogens with zero attached hydrogens (tertiary/aromatic N) is 1. The van der Waals surface area contributed by atoms with Crippen molar-refractivity contribution >= 4 is 17.8 Å². The lowest BCUT2D eigenvalue weighted by atomic mass is 10.0. The zero-order valence-corrected chi connectivity index (χ0v) is 16.2. The molecule has 2 N–H and O–H groups in total. The smallest absolute Gasteiger partial charge is 0.326 e. The van der Waals surface area contributed by atoms with Crippen molar-refractivity contribution in [3.8, 4) is 11.5 Å². The van der Waals surface area contributed by atoms with Crippen LogP contribution in [-0.4, -0.2) is 53.2 Å². The number of aliphatic carboxylic acids is 1. The average molecular weight is 410 g/mol. The summed E-state index contributed by atoms with van der Waals surface area (Å²) in [6.45, 7) is 0.495. The van der Waals surface area contributed by atoms with E-state index in [-0.39, 0.29) is 19.1 Å². The predicted molar refractivity (Wildman–Crippen MR) is 106 cm³/mol. The summed E-state index contributed by atoms with van der Waals surface area (Å²) in [4.78, 5) is 38.9. The fourth-order valence-corrected chi connectivity index (χ4v) is 3.82. The molecule has 4 rings (SSSR count). The summed E-state index contributed by atoms with van der Waals surface area (Å²) in [6, 6.07) is 12.2. The molecule has 2 aliphatic heterocycles. The van der Waals surface area contributed by atoms with E-state index in [1.165, 1.54) is 4.90 Å². The summed E-state index contributed by atoms with van der Waals surface area (Å²) in [7, 11) is 0.